The minimum Gasteiger partial charge on any atom is -0.551 e. The van der Waals surface area contributed by atoms with Gasteiger partial charge in [-0.15, -0.1) is 0 Å². The van der Waals surface area contributed by atoms with E-state index in [2.05, 4.69) is 22.7 Å². The standard InChI is InChI=1S/3C4H6O7S.2Al/c3*5-3(6)1-2(4(7)8)12(9,10)11;;/h3*2H,1H2,(H,5,6)(H,7,8)(H,9,10,11);;/q;;;2*+3/p-6. The molecular weight excluding hydrogens is 630 g/mol. The summed E-state index contributed by atoms with van der Waals surface area (Å²) in [4.78, 5) is 71.2. The van der Waals surface area contributed by atoms with Gasteiger partial charge in [-0.25, -0.2) is 0 Å². The van der Waals surface area contributed by atoms with Crippen LogP contribution in [0.3, 0.4) is 0 Å². The molecule has 2 aliphatic heterocycles. The van der Waals surface area contributed by atoms with E-state index in [9.17, 15) is 58.6 Å². The molecule has 0 bridgehead atoms. The molecule has 2 heterocycles. The van der Waals surface area contributed by atoms with Crippen LogP contribution in [-0.2, 0) is 81.9 Å². The van der Waals surface area contributed by atoms with Crippen LogP contribution >= 0.6 is 0 Å². The van der Waals surface area contributed by atoms with E-state index in [-0.39, 0.29) is 0 Å². The van der Waals surface area contributed by atoms with Crippen molar-refractivity contribution in [2.75, 3.05) is 0 Å². The van der Waals surface area contributed by atoms with E-state index >= 15 is 0 Å². The molecule has 3 N–H and O–H groups in total. The molecule has 0 aliphatic carbocycles. The second-order valence-electron chi connectivity index (χ2n) is 6.98. The molecule has 2 saturated heterocycles. The fourth-order valence-corrected chi connectivity index (χ4v) is 7.02. The summed E-state index contributed by atoms with van der Waals surface area (Å²) in [6, 6.07) is 0. The zero-order chi connectivity index (χ0) is 29.2. The largest absolute Gasteiger partial charge is 1.20 e. The van der Waals surface area contributed by atoms with Crippen LogP contribution in [0.4, 0.5) is 0 Å². The van der Waals surface area contributed by atoms with Crippen LogP contribution in [0, 0.1) is 0 Å². The summed E-state index contributed by atoms with van der Waals surface area (Å²) in [5.74, 6) is -10.5. The summed E-state index contributed by atoms with van der Waals surface area (Å²) >= 11 is -8.62. The van der Waals surface area contributed by atoms with Gasteiger partial charge in [-0.2, -0.15) is 25.3 Å². The molecule has 210 valence electrons. The third-order valence-corrected chi connectivity index (χ3v) is 10.1. The summed E-state index contributed by atoms with van der Waals surface area (Å²) < 4.78 is 122. The second kappa shape index (κ2) is 11.8. The smallest absolute Gasteiger partial charge is 0.551 e. The fraction of sp³-hybridized carbons (Fsp3) is 0.500. The van der Waals surface area contributed by atoms with Crippen molar-refractivity contribution in [2.24, 2.45) is 0 Å². The fourth-order valence-electron chi connectivity index (χ4n) is 2.51. The lowest BCUT2D eigenvalue weighted by molar-refractivity contribution is -0.150. The highest BCUT2D eigenvalue weighted by atomic mass is 32.2. The third kappa shape index (κ3) is 8.84. The SMILES string of the molecule is O=C1CC(S(=O)(=O)O)C(=O)[O][Al]([O]C(=O)CC(C(=O)[O][Al]2[O]C(=O)CC(S(=O)(=O)O)C(=O)[O]2)S(=O)(=O)O)[O]1. The maximum Gasteiger partial charge on any atom is 1.20 e. The zero-order valence-electron chi connectivity index (χ0n) is 17.9. The molecule has 3 atom stereocenters. The van der Waals surface area contributed by atoms with Gasteiger partial charge in [-0.3, -0.25) is 42.4 Å². The molecule has 0 aromatic carbocycles. The Bertz CT molecular complexity index is 1370. The average Bonchev–Trinajstić information content (AvgIpc) is 2.94. The van der Waals surface area contributed by atoms with Gasteiger partial charge in [0.15, 0.2) is 15.7 Å². The van der Waals surface area contributed by atoms with Crippen molar-refractivity contribution in [2.45, 2.75) is 35.0 Å². The number of rotatable bonds is 8. The van der Waals surface area contributed by atoms with Crippen molar-refractivity contribution in [3.8, 4) is 0 Å². The molecule has 0 aromatic rings. The lowest BCUT2D eigenvalue weighted by Gasteiger charge is -2.16. The molecule has 2 aliphatic rings. The van der Waals surface area contributed by atoms with Crippen molar-refractivity contribution >= 4 is 96.5 Å². The maximum atomic E-state index is 12.3. The van der Waals surface area contributed by atoms with Crippen LogP contribution < -0.4 is 0 Å². The molecule has 38 heavy (non-hydrogen) atoms. The van der Waals surface area contributed by atoms with E-state index in [1.165, 1.54) is 0 Å². The Morgan fingerprint density at radius 3 is 1.53 bits per heavy atom. The normalized spacial score (nSPS) is 22.1. The van der Waals surface area contributed by atoms with Crippen molar-refractivity contribution in [3.05, 3.63) is 0 Å². The van der Waals surface area contributed by atoms with Crippen LogP contribution in [0.5, 0.6) is 0 Å². The predicted molar refractivity (Wildman–Crippen MR) is 108 cm³/mol. The Morgan fingerprint density at radius 1 is 0.763 bits per heavy atom. The Hall–Kier alpha value is -2.39. The first-order valence-corrected chi connectivity index (χ1v) is 16.6. The minimum absolute atomic E-state index is 1.24. The number of hydrogen-bond acceptors (Lipinski definition) is 18. The Morgan fingerprint density at radius 2 is 1.16 bits per heavy atom. The van der Waals surface area contributed by atoms with Gasteiger partial charge in [0.05, 0.1) is 19.3 Å². The molecule has 0 saturated carbocycles. The molecule has 0 amide bonds. The van der Waals surface area contributed by atoms with Crippen molar-refractivity contribution in [1.82, 2.24) is 0 Å². The van der Waals surface area contributed by atoms with Gasteiger partial charge >= 0.3 is 30.3 Å². The van der Waals surface area contributed by atoms with Crippen LogP contribution in [-0.4, -0.2) is 121 Å². The van der Waals surface area contributed by atoms with E-state index in [0.29, 0.717) is 0 Å². The van der Waals surface area contributed by atoms with E-state index in [1.54, 1.807) is 0 Å². The topological polar surface area (TPSA) is 321 Å². The van der Waals surface area contributed by atoms with Gasteiger partial charge in [0.2, 0.25) is 0 Å². The average molecular weight is 642 g/mol. The van der Waals surface area contributed by atoms with Crippen LogP contribution in [0.15, 0.2) is 0 Å². The van der Waals surface area contributed by atoms with E-state index in [4.69, 9.17) is 9.11 Å². The quantitative estimate of drug-likeness (QED) is 0.165. The molecule has 0 radical (unpaired) electrons. The second-order valence-corrected chi connectivity index (χ2v) is 14.3. The Kier molecular flexibility index (Phi) is 9.87. The molecule has 21 nitrogen and oxygen atoms in total. The minimum atomic E-state index is -5.56. The van der Waals surface area contributed by atoms with Crippen LogP contribution in [0.25, 0.3) is 0 Å². The van der Waals surface area contributed by atoms with Gasteiger partial charge < -0.3 is 22.7 Å². The van der Waals surface area contributed by atoms with Gasteiger partial charge in [0.1, 0.15) is 0 Å². The van der Waals surface area contributed by atoms with Crippen molar-refractivity contribution in [1.29, 1.82) is 0 Å². The first-order chi connectivity index (χ1) is 17.2. The van der Waals surface area contributed by atoms with Crippen molar-refractivity contribution in [3.63, 3.8) is 0 Å². The van der Waals surface area contributed by atoms with Gasteiger partial charge in [-0.05, 0) is 0 Å². The summed E-state index contributed by atoms with van der Waals surface area (Å²) in [6.07, 6.45) is -4.16. The Balaban J connectivity index is 2.13. The number of carbonyl (C=O) groups excluding carboxylic acids is 6. The highest BCUT2D eigenvalue weighted by molar-refractivity contribution is 7.87. The number of carbonyl (C=O) groups is 6. The van der Waals surface area contributed by atoms with E-state index in [0.717, 1.165) is 0 Å². The zero-order valence-corrected chi connectivity index (χ0v) is 22.7. The lowest BCUT2D eigenvalue weighted by Crippen LogP contribution is -2.42. The van der Waals surface area contributed by atoms with Gasteiger partial charge in [0.25, 0.3) is 66.2 Å². The molecule has 26 heteroatoms. The predicted octanol–water partition coefficient (Wildman–Crippen LogP) is -4.82. The van der Waals surface area contributed by atoms with Crippen molar-refractivity contribution < 1.29 is 90.4 Å². The molecule has 0 aromatic heterocycles. The van der Waals surface area contributed by atoms with E-state index < -0.39 is 131 Å². The molecule has 2 fully saturated rings. The van der Waals surface area contributed by atoms with Crippen LogP contribution in [0.1, 0.15) is 19.3 Å². The molecular formula is C12H12Al2O21S3. The highest BCUT2D eigenvalue weighted by Crippen LogP contribution is 2.18. The summed E-state index contributed by atoms with van der Waals surface area (Å²) in [5.41, 5.74) is 0. The number of hydrogen-bond donors (Lipinski definition) is 3. The summed E-state index contributed by atoms with van der Waals surface area (Å²) in [5, 5.41) is -7.78. The maximum absolute atomic E-state index is 12.3. The lowest BCUT2D eigenvalue weighted by atomic mass is 10.3. The van der Waals surface area contributed by atoms with Gasteiger partial charge in [-0.1, -0.05) is 0 Å². The molecule has 3 unspecified atom stereocenters. The monoisotopic (exact) mass is 642 g/mol. The van der Waals surface area contributed by atoms with Gasteiger partial charge in [0, 0.05) is 0 Å². The molecule has 2 rings (SSSR count). The summed E-state index contributed by atoms with van der Waals surface area (Å²) in [7, 11) is -15.9. The Labute approximate surface area is 221 Å². The van der Waals surface area contributed by atoms with E-state index in [1.807, 2.05) is 0 Å². The first-order valence-electron chi connectivity index (χ1n) is 9.27. The third-order valence-electron chi connectivity index (χ3n) is 4.24. The first kappa shape index (κ1) is 31.8. The highest BCUT2D eigenvalue weighted by Gasteiger charge is 2.58. The molecule has 0 spiro atoms. The summed E-state index contributed by atoms with van der Waals surface area (Å²) in [6.45, 7) is 0. The van der Waals surface area contributed by atoms with Crippen LogP contribution in [0.2, 0.25) is 0 Å².